The molecule has 2 saturated heterocycles. The van der Waals surface area contributed by atoms with E-state index in [1.54, 1.807) is 0 Å². The molecule has 14 heavy (non-hydrogen) atoms. The Morgan fingerprint density at radius 3 is 1.71 bits per heavy atom. The lowest BCUT2D eigenvalue weighted by atomic mass is 10.0. The molecule has 0 N–H and O–H groups in total. The first kappa shape index (κ1) is 10.8. The van der Waals surface area contributed by atoms with Crippen LogP contribution in [0.25, 0.3) is 0 Å². The predicted molar refractivity (Wildman–Crippen MR) is 63.7 cm³/mol. The number of rotatable bonds is 2. The minimum absolute atomic E-state index is 0.438. The van der Waals surface area contributed by atoms with Gasteiger partial charge in [-0.15, -0.1) is 0 Å². The van der Waals surface area contributed by atoms with Crippen LogP contribution in [0.5, 0.6) is 0 Å². The Morgan fingerprint density at radius 1 is 0.929 bits per heavy atom. The van der Waals surface area contributed by atoms with E-state index in [-0.39, 0.29) is 0 Å². The van der Waals surface area contributed by atoms with E-state index in [1.165, 1.54) is 26.2 Å². The lowest BCUT2D eigenvalue weighted by Crippen LogP contribution is -2.34. The van der Waals surface area contributed by atoms with Crippen LogP contribution in [0.15, 0.2) is 0 Å². The number of likely N-dealkylation sites (tertiary alicyclic amines) is 2. The number of fused-ring (bicyclic) bond motifs is 1. The third-order valence-corrected chi connectivity index (χ3v) is 4.13. The lowest BCUT2D eigenvalue weighted by Gasteiger charge is -2.25. The molecule has 2 fully saturated rings. The summed E-state index contributed by atoms with van der Waals surface area (Å²) in [6.45, 7) is 11.9. The van der Waals surface area contributed by atoms with Crippen LogP contribution in [0, 0.1) is 11.8 Å². The SMILES string of the molecule is CC(C)N1CC2CN(C(C)S)CC2C1. The Hall–Kier alpha value is 0.270. The molecule has 3 heteroatoms. The largest absolute Gasteiger partial charge is 0.300 e. The fourth-order valence-electron chi connectivity index (χ4n) is 2.79. The van der Waals surface area contributed by atoms with Crippen molar-refractivity contribution < 1.29 is 0 Å². The molecule has 2 heterocycles. The zero-order valence-electron chi connectivity index (χ0n) is 9.48. The van der Waals surface area contributed by atoms with Crippen molar-refractivity contribution in [2.75, 3.05) is 26.2 Å². The summed E-state index contributed by atoms with van der Waals surface area (Å²) in [6, 6.07) is 0.725. The second-order valence-electron chi connectivity index (χ2n) is 5.15. The number of nitrogens with zero attached hydrogens (tertiary/aromatic N) is 2. The van der Waals surface area contributed by atoms with Crippen LogP contribution in [-0.4, -0.2) is 47.4 Å². The Kier molecular flexibility index (Phi) is 3.10. The van der Waals surface area contributed by atoms with Gasteiger partial charge in [0.15, 0.2) is 0 Å². The zero-order valence-corrected chi connectivity index (χ0v) is 10.4. The monoisotopic (exact) mass is 214 g/mol. The van der Waals surface area contributed by atoms with Crippen LogP contribution in [0.4, 0.5) is 0 Å². The predicted octanol–water partition coefficient (Wildman–Crippen LogP) is 1.53. The van der Waals surface area contributed by atoms with Crippen molar-refractivity contribution in [1.82, 2.24) is 9.80 Å². The van der Waals surface area contributed by atoms with Gasteiger partial charge in [-0.3, -0.25) is 4.90 Å². The van der Waals surface area contributed by atoms with Crippen LogP contribution >= 0.6 is 12.6 Å². The first-order chi connectivity index (χ1) is 6.58. The Morgan fingerprint density at radius 2 is 1.36 bits per heavy atom. The number of hydrogen-bond donors (Lipinski definition) is 1. The summed E-state index contributed by atoms with van der Waals surface area (Å²) in [4.78, 5) is 5.13. The Bertz CT molecular complexity index is 171. The highest BCUT2D eigenvalue weighted by Crippen LogP contribution is 2.33. The molecule has 3 atom stereocenters. The number of hydrogen-bond acceptors (Lipinski definition) is 3. The van der Waals surface area contributed by atoms with E-state index in [2.05, 4.69) is 43.2 Å². The van der Waals surface area contributed by atoms with Gasteiger partial charge < -0.3 is 4.90 Å². The molecule has 2 rings (SSSR count). The lowest BCUT2D eigenvalue weighted by molar-refractivity contribution is 0.221. The minimum atomic E-state index is 0.438. The van der Waals surface area contributed by atoms with Gasteiger partial charge in [0.05, 0.1) is 0 Å². The summed E-state index contributed by atoms with van der Waals surface area (Å²) in [5.41, 5.74) is 0. The summed E-state index contributed by atoms with van der Waals surface area (Å²) in [6.07, 6.45) is 0. The van der Waals surface area contributed by atoms with Crippen LogP contribution in [0.2, 0.25) is 0 Å². The highest BCUT2D eigenvalue weighted by molar-refractivity contribution is 7.80. The molecule has 2 aliphatic rings. The highest BCUT2D eigenvalue weighted by atomic mass is 32.1. The van der Waals surface area contributed by atoms with E-state index >= 15 is 0 Å². The van der Waals surface area contributed by atoms with E-state index in [9.17, 15) is 0 Å². The van der Waals surface area contributed by atoms with Crippen LogP contribution in [0.3, 0.4) is 0 Å². The van der Waals surface area contributed by atoms with Gasteiger partial charge >= 0.3 is 0 Å². The fraction of sp³-hybridized carbons (Fsp3) is 1.00. The molecule has 0 saturated carbocycles. The van der Waals surface area contributed by atoms with Gasteiger partial charge in [-0.2, -0.15) is 12.6 Å². The maximum absolute atomic E-state index is 4.51. The van der Waals surface area contributed by atoms with Gasteiger partial charge in [-0.05, 0) is 32.6 Å². The van der Waals surface area contributed by atoms with Crippen molar-refractivity contribution in [2.24, 2.45) is 11.8 Å². The van der Waals surface area contributed by atoms with E-state index in [0.29, 0.717) is 5.37 Å². The average Bonchev–Trinajstić information content (AvgIpc) is 2.57. The normalized spacial score (nSPS) is 36.6. The van der Waals surface area contributed by atoms with Gasteiger partial charge in [0.25, 0.3) is 0 Å². The molecule has 0 aromatic heterocycles. The van der Waals surface area contributed by atoms with E-state index < -0.39 is 0 Å². The quantitative estimate of drug-likeness (QED) is 0.697. The van der Waals surface area contributed by atoms with Crippen molar-refractivity contribution >= 4 is 12.6 Å². The van der Waals surface area contributed by atoms with Gasteiger partial charge in [-0.1, -0.05) is 0 Å². The van der Waals surface area contributed by atoms with Crippen molar-refractivity contribution in [3.63, 3.8) is 0 Å². The van der Waals surface area contributed by atoms with E-state index in [0.717, 1.165) is 17.9 Å². The molecular weight excluding hydrogens is 192 g/mol. The summed E-state index contributed by atoms with van der Waals surface area (Å²) >= 11 is 4.51. The molecule has 0 aromatic rings. The number of thiol groups is 1. The smallest absolute Gasteiger partial charge is 0.0499 e. The molecule has 0 aliphatic carbocycles. The van der Waals surface area contributed by atoms with Crippen molar-refractivity contribution in [3.8, 4) is 0 Å². The first-order valence-electron chi connectivity index (χ1n) is 5.74. The highest BCUT2D eigenvalue weighted by Gasteiger charge is 2.41. The molecule has 0 bridgehead atoms. The second kappa shape index (κ2) is 4.03. The summed E-state index contributed by atoms with van der Waals surface area (Å²) in [5, 5.41) is 0.438. The zero-order chi connectivity index (χ0) is 10.3. The van der Waals surface area contributed by atoms with Gasteiger partial charge in [0.2, 0.25) is 0 Å². The third-order valence-electron chi connectivity index (χ3n) is 3.80. The van der Waals surface area contributed by atoms with Gasteiger partial charge in [-0.25, -0.2) is 0 Å². The van der Waals surface area contributed by atoms with E-state index in [1.807, 2.05) is 0 Å². The molecule has 0 amide bonds. The summed E-state index contributed by atoms with van der Waals surface area (Å²) < 4.78 is 0. The molecular formula is C11H22N2S. The van der Waals surface area contributed by atoms with E-state index in [4.69, 9.17) is 0 Å². The average molecular weight is 214 g/mol. The second-order valence-corrected chi connectivity index (χ2v) is 5.90. The van der Waals surface area contributed by atoms with Gasteiger partial charge in [0.1, 0.15) is 0 Å². The maximum Gasteiger partial charge on any atom is 0.0499 e. The van der Waals surface area contributed by atoms with Gasteiger partial charge in [0, 0.05) is 37.6 Å². The topological polar surface area (TPSA) is 6.48 Å². The minimum Gasteiger partial charge on any atom is -0.300 e. The summed E-state index contributed by atoms with van der Waals surface area (Å²) in [7, 11) is 0. The molecule has 82 valence electrons. The van der Waals surface area contributed by atoms with Crippen molar-refractivity contribution in [3.05, 3.63) is 0 Å². The standard InChI is InChI=1S/C11H22N2S/c1-8(2)12-4-10-6-13(9(3)14)7-11(10)5-12/h8-11,14H,4-7H2,1-3H3. The molecule has 2 nitrogen and oxygen atoms in total. The third kappa shape index (κ3) is 1.95. The maximum atomic E-state index is 4.51. The first-order valence-corrected chi connectivity index (χ1v) is 6.25. The van der Waals surface area contributed by atoms with Crippen molar-refractivity contribution in [2.45, 2.75) is 32.2 Å². The molecule has 0 spiro atoms. The fourth-order valence-corrected chi connectivity index (χ4v) is 2.98. The molecule has 3 unspecified atom stereocenters. The van der Waals surface area contributed by atoms with Crippen LogP contribution < -0.4 is 0 Å². The summed E-state index contributed by atoms with van der Waals surface area (Å²) in [5.74, 6) is 1.82. The van der Waals surface area contributed by atoms with Crippen LogP contribution in [-0.2, 0) is 0 Å². The Labute approximate surface area is 93.1 Å². The molecule has 2 aliphatic heterocycles. The van der Waals surface area contributed by atoms with Crippen molar-refractivity contribution in [1.29, 1.82) is 0 Å². The molecule has 0 aromatic carbocycles. The molecule has 0 radical (unpaired) electrons. The van der Waals surface area contributed by atoms with Crippen LogP contribution in [0.1, 0.15) is 20.8 Å². The Balaban J connectivity index is 1.90.